The normalized spacial score (nSPS) is 12.5. The lowest BCUT2D eigenvalue weighted by atomic mass is 9.98. The molecule has 7 heteroatoms. The number of nitrogens with one attached hydrogen (secondary N) is 1. The van der Waals surface area contributed by atoms with Gasteiger partial charge in [-0.15, -0.1) is 0 Å². The van der Waals surface area contributed by atoms with Crippen LogP contribution >= 0.6 is 15.9 Å². The molecule has 18 heavy (non-hydrogen) atoms. The van der Waals surface area contributed by atoms with E-state index in [1.54, 1.807) is 0 Å². The topological polar surface area (TPSA) is 68.3 Å². The maximum absolute atomic E-state index is 12.2. The van der Waals surface area contributed by atoms with Crippen LogP contribution in [0, 0.1) is 5.41 Å². The number of hydrogen-bond donors (Lipinski definition) is 1. The van der Waals surface area contributed by atoms with Gasteiger partial charge in [0.15, 0.2) is 0 Å². The fourth-order valence-electron chi connectivity index (χ4n) is 1.14. The minimum atomic E-state index is -3.63. The third-order valence-corrected chi connectivity index (χ3v) is 3.89. The molecule has 102 valence electrons. The number of aromatic nitrogens is 1. The summed E-state index contributed by atoms with van der Waals surface area (Å²) in [5.41, 5.74) is -0.139. The number of methoxy groups -OCH3 is 1. The molecule has 0 aliphatic heterocycles. The van der Waals surface area contributed by atoms with Gasteiger partial charge >= 0.3 is 0 Å². The molecule has 1 aromatic rings. The number of ether oxygens (including phenoxy) is 1. The molecule has 1 rings (SSSR count). The highest BCUT2D eigenvalue weighted by Gasteiger charge is 2.23. The van der Waals surface area contributed by atoms with Crippen molar-refractivity contribution in [2.75, 3.05) is 13.7 Å². The second kappa shape index (κ2) is 5.54. The summed E-state index contributed by atoms with van der Waals surface area (Å²) in [6.07, 6.45) is 1.49. The highest BCUT2D eigenvalue weighted by atomic mass is 79.9. The zero-order valence-electron chi connectivity index (χ0n) is 10.8. The third kappa shape index (κ3) is 4.22. The summed E-state index contributed by atoms with van der Waals surface area (Å²) in [5, 5.41) is 0. The van der Waals surface area contributed by atoms with E-state index < -0.39 is 10.0 Å². The van der Waals surface area contributed by atoms with Crippen molar-refractivity contribution in [2.24, 2.45) is 5.41 Å². The SMILES string of the molecule is COc1ncc(Br)cc1S(=O)(=O)NCC(C)(C)C. The summed E-state index contributed by atoms with van der Waals surface area (Å²) in [6.45, 7) is 6.19. The summed E-state index contributed by atoms with van der Waals surface area (Å²) < 4.78 is 32.4. The minimum Gasteiger partial charge on any atom is -0.480 e. The van der Waals surface area contributed by atoms with Gasteiger partial charge in [0.25, 0.3) is 0 Å². The number of hydrogen-bond acceptors (Lipinski definition) is 4. The average Bonchev–Trinajstić information content (AvgIpc) is 2.26. The summed E-state index contributed by atoms with van der Waals surface area (Å²) >= 11 is 3.20. The van der Waals surface area contributed by atoms with Gasteiger partial charge in [0.05, 0.1) is 7.11 Å². The van der Waals surface area contributed by atoms with Crippen LogP contribution in [0.2, 0.25) is 0 Å². The molecule has 0 radical (unpaired) electrons. The highest BCUT2D eigenvalue weighted by Crippen LogP contribution is 2.24. The predicted octanol–water partition coefficient (Wildman–Crippen LogP) is 2.18. The van der Waals surface area contributed by atoms with Gasteiger partial charge in [0, 0.05) is 17.2 Å². The molecule has 0 aliphatic carbocycles. The van der Waals surface area contributed by atoms with E-state index in [2.05, 4.69) is 25.6 Å². The highest BCUT2D eigenvalue weighted by molar-refractivity contribution is 9.10. The Hall–Kier alpha value is -0.660. The van der Waals surface area contributed by atoms with E-state index in [9.17, 15) is 8.42 Å². The van der Waals surface area contributed by atoms with Gasteiger partial charge in [-0.05, 0) is 27.4 Å². The van der Waals surface area contributed by atoms with E-state index >= 15 is 0 Å². The van der Waals surface area contributed by atoms with E-state index in [0.29, 0.717) is 11.0 Å². The Morgan fingerprint density at radius 3 is 2.56 bits per heavy atom. The Morgan fingerprint density at radius 1 is 1.44 bits per heavy atom. The van der Waals surface area contributed by atoms with E-state index in [0.717, 1.165) is 0 Å². The van der Waals surface area contributed by atoms with Gasteiger partial charge < -0.3 is 4.74 Å². The summed E-state index contributed by atoms with van der Waals surface area (Å²) in [5.74, 6) is 0.0830. The quantitative estimate of drug-likeness (QED) is 0.914. The minimum absolute atomic E-state index is 0.0311. The molecule has 0 bridgehead atoms. The number of pyridine rings is 1. The zero-order valence-corrected chi connectivity index (χ0v) is 13.2. The molecule has 5 nitrogen and oxygen atoms in total. The molecule has 0 amide bonds. The van der Waals surface area contributed by atoms with Gasteiger partial charge in [-0.3, -0.25) is 0 Å². The predicted molar refractivity (Wildman–Crippen MR) is 73.1 cm³/mol. The molecular formula is C11H17BrN2O3S. The summed E-state index contributed by atoms with van der Waals surface area (Å²) in [6, 6.07) is 1.47. The number of halogens is 1. The maximum Gasteiger partial charge on any atom is 0.246 e. The van der Waals surface area contributed by atoms with E-state index in [-0.39, 0.29) is 16.2 Å². The Morgan fingerprint density at radius 2 is 2.06 bits per heavy atom. The number of nitrogens with zero attached hydrogens (tertiary/aromatic N) is 1. The standard InChI is InChI=1S/C11H17BrN2O3S/c1-11(2,3)7-14-18(15,16)9-5-8(12)6-13-10(9)17-4/h5-6,14H,7H2,1-4H3. The Kier molecular flexibility index (Phi) is 4.74. The van der Waals surface area contributed by atoms with E-state index in [1.807, 2.05) is 20.8 Å². The lowest BCUT2D eigenvalue weighted by Gasteiger charge is -2.19. The molecule has 1 aromatic heterocycles. The maximum atomic E-state index is 12.2. The molecular weight excluding hydrogens is 320 g/mol. The Bertz CT molecular complexity index is 524. The molecule has 1 heterocycles. The third-order valence-electron chi connectivity index (χ3n) is 2.06. The first-order valence-electron chi connectivity index (χ1n) is 5.35. The molecule has 0 aromatic carbocycles. The fraction of sp³-hybridized carbons (Fsp3) is 0.545. The van der Waals surface area contributed by atoms with Crippen LogP contribution in [0.3, 0.4) is 0 Å². The van der Waals surface area contributed by atoms with Crippen molar-refractivity contribution in [3.8, 4) is 5.88 Å². The monoisotopic (exact) mass is 336 g/mol. The first-order valence-corrected chi connectivity index (χ1v) is 7.62. The number of sulfonamides is 1. The van der Waals surface area contributed by atoms with Crippen molar-refractivity contribution in [3.05, 3.63) is 16.7 Å². The molecule has 0 spiro atoms. The first kappa shape index (κ1) is 15.4. The van der Waals surface area contributed by atoms with E-state index in [4.69, 9.17) is 4.74 Å². The van der Waals surface area contributed by atoms with Gasteiger partial charge in [0.1, 0.15) is 4.90 Å². The van der Waals surface area contributed by atoms with Crippen molar-refractivity contribution in [3.63, 3.8) is 0 Å². The van der Waals surface area contributed by atoms with Crippen LogP contribution in [0.5, 0.6) is 5.88 Å². The molecule has 0 fully saturated rings. The van der Waals surface area contributed by atoms with Gasteiger partial charge in [-0.25, -0.2) is 18.1 Å². The van der Waals surface area contributed by atoms with Crippen LogP contribution < -0.4 is 9.46 Å². The average molecular weight is 337 g/mol. The summed E-state index contributed by atoms with van der Waals surface area (Å²) in [4.78, 5) is 3.95. The van der Waals surface area contributed by atoms with Crippen LogP contribution in [-0.4, -0.2) is 27.1 Å². The lowest BCUT2D eigenvalue weighted by Crippen LogP contribution is -2.32. The first-order chi connectivity index (χ1) is 8.15. The Balaban J connectivity index is 3.08. The molecule has 0 unspecified atom stereocenters. The second-order valence-corrected chi connectivity index (χ2v) is 7.70. The van der Waals surface area contributed by atoms with Crippen molar-refractivity contribution >= 4 is 26.0 Å². The molecule has 0 atom stereocenters. The lowest BCUT2D eigenvalue weighted by molar-refractivity contribution is 0.382. The summed E-state index contributed by atoms with van der Waals surface area (Å²) in [7, 11) is -2.24. The largest absolute Gasteiger partial charge is 0.480 e. The van der Waals surface area contributed by atoms with Crippen molar-refractivity contribution in [2.45, 2.75) is 25.7 Å². The fourth-order valence-corrected chi connectivity index (χ4v) is 3.05. The van der Waals surface area contributed by atoms with Gasteiger partial charge in [0.2, 0.25) is 15.9 Å². The van der Waals surface area contributed by atoms with Crippen molar-refractivity contribution in [1.82, 2.24) is 9.71 Å². The van der Waals surface area contributed by atoms with Gasteiger partial charge in [-0.1, -0.05) is 20.8 Å². The molecule has 0 saturated heterocycles. The molecule has 1 N–H and O–H groups in total. The van der Waals surface area contributed by atoms with Crippen LogP contribution in [0.4, 0.5) is 0 Å². The van der Waals surface area contributed by atoms with Crippen LogP contribution in [-0.2, 0) is 10.0 Å². The number of rotatable bonds is 4. The van der Waals surface area contributed by atoms with Crippen LogP contribution in [0.25, 0.3) is 0 Å². The van der Waals surface area contributed by atoms with Gasteiger partial charge in [-0.2, -0.15) is 0 Å². The smallest absolute Gasteiger partial charge is 0.246 e. The van der Waals surface area contributed by atoms with E-state index in [1.165, 1.54) is 19.4 Å². The molecule has 0 aliphatic rings. The molecule has 0 saturated carbocycles. The Labute approximate surface area is 116 Å². The van der Waals surface area contributed by atoms with Crippen LogP contribution in [0.15, 0.2) is 21.6 Å². The van der Waals surface area contributed by atoms with Crippen molar-refractivity contribution < 1.29 is 13.2 Å². The zero-order chi connectivity index (χ0) is 14.0. The van der Waals surface area contributed by atoms with Crippen molar-refractivity contribution in [1.29, 1.82) is 0 Å². The second-order valence-electron chi connectivity index (χ2n) is 5.05. The van der Waals surface area contributed by atoms with Crippen LogP contribution in [0.1, 0.15) is 20.8 Å².